The molecular formula is C42H63N3O12. The average molecular weight is 802 g/mol. The lowest BCUT2D eigenvalue weighted by molar-refractivity contribution is -0.130. The number of hydrogen-bond acceptors (Lipinski definition) is 12. The van der Waals surface area contributed by atoms with E-state index in [2.05, 4.69) is 19.2 Å². The SMILES string of the molecule is COCCCOc1cc(CC(C[C@H]2[C@H](CC(C(=O)NCC(C)(C)C(N)=O)C(C)C)OCN2C(=O)OCOC(=O)OCc2ccc(OC)cc2)C(C)C)ccc1OC. The number of methoxy groups -OCH3 is 3. The summed E-state index contributed by atoms with van der Waals surface area (Å²) in [7, 11) is 4.80. The Bertz CT molecular complexity index is 1580. The van der Waals surface area contributed by atoms with Crippen LogP contribution in [0.5, 0.6) is 17.2 Å². The minimum atomic E-state index is -1.00. The van der Waals surface area contributed by atoms with Crippen LogP contribution >= 0.6 is 0 Å². The molecule has 2 aromatic rings. The smallest absolute Gasteiger partial charge is 0.497 e. The summed E-state index contributed by atoms with van der Waals surface area (Å²) in [6.45, 7) is 11.8. The third-order valence-corrected chi connectivity index (χ3v) is 10.3. The molecule has 1 saturated heterocycles. The standard InChI is InChI=1S/C42H63N3O12/c1-27(2)31(19-30-13-16-35(52-9)37(20-30)53-18-10-17-50-7)21-34-36(22-33(28(3)4)38(46)44-24-42(5,6)39(43)47)55-25-45(34)40(48)56-26-57-41(49)54-23-29-11-14-32(51-8)15-12-29/h11-16,20,27-28,31,33-34,36H,10,17-19,21-26H2,1-9H3,(H2,43,47)(H,44,46)/t31?,33?,34-,36-/m0/s1. The van der Waals surface area contributed by atoms with E-state index in [9.17, 15) is 19.2 Å². The van der Waals surface area contributed by atoms with Crippen molar-refractivity contribution in [3.05, 3.63) is 53.6 Å². The third kappa shape index (κ3) is 14.6. The first kappa shape index (κ1) is 46.6. The summed E-state index contributed by atoms with van der Waals surface area (Å²) in [6, 6.07) is 12.4. The number of benzene rings is 2. The largest absolute Gasteiger partial charge is 0.511 e. The van der Waals surface area contributed by atoms with Gasteiger partial charge in [0.15, 0.2) is 11.5 Å². The van der Waals surface area contributed by atoms with Crippen LogP contribution in [0.4, 0.5) is 9.59 Å². The molecule has 4 atom stereocenters. The zero-order chi connectivity index (χ0) is 42.1. The van der Waals surface area contributed by atoms with E-state index in [4.69, 9.17) is 43.6 Å². The van der Waals surface area contributed by atoms with E-state index in [1.807, 2.05) is 32.0 Å². The molecule has 15 nitrogen and oxygen atoms in total. The van der Waals surface area contributed by atoms with Crippen LogP contribution in [0.15, 0.2) is 42.5 Å². The van der Waals surface area contributed by atoms with Gasteiger partial charge in [-0.2, -0.15) is 0 Å². The zero-order valence-corrected chi connectivity index (χ0v) is 35.0. The molecule has 2 aromatic carbocycles. The van der Waals surface area contributed by atoms with Crippen LogP contribution in [0, 0.1) is 29.1 Å². The van der Waals surface area contributed by atoms with Gasteiger partial charge in [0.05, 0.1) is 38.4 Å². The highest BCUT2D eigenvalue weighted by molar-refractivity contribution is 5.83. The molecule has 2 unspecified atom stereocenters. The van der Waals surface area contributed by atoms with Gasteiger partial charge in [0.1, 0.15) is 19.1 Å². The first-order chi connectivity index (χ1) is 27.1. The quantitative estimate of drug-likeness (QED) is 0.0751. The van der Waals surface area contributed by atoms with Crippen molar-refractivity contribution in [2.24, 2.45) is 34.8 Å². The predicted molar refractivity (Wildman–Crippen MR) is 212 cm³/mol. The number of primary amides is 1. The summed E-state index contributed by atoms with van der Waals surface area (Å²) < 4.78 is 43.8. The summed E-state index contributed by atoms with van der Waals surface area (Å²) in [4.78, 5) is 53.0. The Morgan fingerprint density at radius 2 is 1.58 bits per heavy atom. The normalized spacial score (nSPS) is 16.5. The van der Waals surface area contributed by atoms with Gasteiger partial charge in [-0.15, -0.1) is 0 Å². The molecule has 3 rings (SSSR count). The number of amides is 3. The molecule has 1 heterocycles. The van der Waals surface area contributed by atoms with Gasteiger partial charge in [-0.05, 0) is 86.3 Å². The average Bonchev–Trinajstić information content (AvgIpc) is 3.58. The van der Waals surface area contributed by atoms with Crippen LogP contribution in [-0.2, 0) is 46.3 Å². The van der Waals surface area contributed by atoms with E-state index in [1.54, 1.807) is 59.4 Å². The highest BCUT2D eigenvalue weighted by Gasteiger charge is 2.43. The minimum Gasteiger partial charge on any atom is -0.497 e. The van der Waals surface area contributed by atoms with Gasteiger partial charge in [-0.25, -0.2) is 9.59 Å². The van der Waals surface area contributed by atoms with Gasteiger partial charge >= 0.3 is 12.2 Å². The molecule has 0 saturated carbocycles. The van der Waals surface area contributed by atoms with E-state index in [1.165, 1.54) is 4.90 Å². The Morgan fingerprint density at radius 3 is 2.19 bits per heavy atom. The van der Waals surface area contributed by atoms with Gasteiger partial charge in [0.2, 0.25) is 18.6 Å². The van der Waals surface area contributed by atoms with Gasteiger partial charge in [0.25, 0.3) is 0 Å². The maximum atomic E-state index is 13.6. The summed E-state index contributed by atoms with van der Waals surface area (Å²) in [5, 5.41) is 2.90. The molecule has 318 valence electrons. The summed E-state index contributed by atoms with van der Waals surface area (Å²) in [5.74, 6) is 0.810. The van der Waals surface area contributed by atoms with Gasteiger partial charge in [-0.1, -0.05) is 45.9 Å². The van der Waals surface area contributed by atoms with Crippen LogP contribution in [-0.4, -0.2) is 95.7 Å². The topological polar surface area (TPSA) is 183 Å². The molecule has 3 amide bonds. The Hall–Kier alpha value is -4.76. The second-order valence-corrected chi connectivity index (χ2v) is 15.6. The fourth-order valence-electron chi connectivity index (χ4n) is 6.40. The Kier molecular flexibility index (Phi) is 18.7. The van der Waals surface area contributed by atoms with Crippen molar-refractivity contribution >= 4 is 24.1 Å². The molecule has 57 heavy (non-hydrogen) atoms. The molecule has 1 aliphatic rings. The molecule has 15 heteroatoms. The van der Waals surface area contributed by atoms with Gasteiger partial charge < -0.3 is 48.9 Å². The van der Waals surface area contributed by atoms with Crippen LogP contribution in [0.3, 0.4) is 0 Å². The summed E-state index contributed by atoms with van der Waals surface area (Å²) >= 11 is 0. The van der Waals surface area contributed by atoms with Crippen molar-refractivity contribution in [3.63, 3.8) is 0 Å². The minimum absolute atomic E-state index is 0.0443. The van der Waals surface area contributed by atoms with Crippen molar-refractivity contribution in [2.45, 2.75) is 86.0 Å². The number of nitrogens with two attached hydrogens (primary N) is 1. The molecule has 1 aliphatic heterocycles. The molecule has 0 radical (unpaired) electrons. The molecule has 0 spiro atoms. The molecule has 0 aliphatic carbocycles. The van der Waals surface area contributed by atoms with Crippen molar-refractivity contribution < 1.29 is 57.1 Å². The number of ether oxygens (including phenoxy) is 8. The number of hydrogen-bond donors (Lipinski definition) is 2. The number of rotatable bonds is 23. The lowest BCUT2D eigenvalue weighted by Crippen LogP contribution is -2.47. The lowest BCUT2D eigenvalue weighted by Gasteiger charge is -2.33. The highest BCUT2D eigenvalue weighted by Crippen LogP contribution is 2.36. The van der Waals surface area contributed by atoms with E-state index in [0.717, 1.165) is 17.5 Å². The zero-order valence-electron chi connectivity index (χ0n) is 35.0. The first-order valence-corrected chi connectivity index (χ1v) is 19.4. The first-order valence-electron chi connectivity index (χ1n) is 19.4. The molecule has 0 bridgehead atoms. The van der Waals surface area contributed by atoms with Gasteiger partial charge in [0, 0.05) is 32.6 Å². The Morgan fingerprint density at radius 1 is 0.877 bits per heavy atom. The van der Waals surface area contributed by atoms with Crippen molar-refractivity contribution in [2.75, 3.05) is 54.6 Å². The summed E-state index contributed by atoms with van der Waals surface area (Å²) in [5.41, 5.74) is 6.36. The van der Waals surface area contributed by atoms with Crippen molar-refractivity contribution in [1.82, 2.24) is 10.2 Å². The number of nitrogens with one attached hydrogen (secondary N) is 1. The molecular weight excluding hydrogens is 738 g/mol. The van der Waals surface area contributed by atoms with Crippen molar-refractivity contribution in [3.8, 4) is 17.2 Å². The maximum Gasteiger partial charge on any atom is 0.511 e. The molecule has 0 aromatic heterocycles. The number of carbonyl (C=O) groups is 4. The Balaban J connectivity index is 1.78. The highest BCUT2D eigenvalue weighted by atomic mass is 16.8. The van der Waals surface area contributed by atoms with Crippen LogP contribution < -0.4 is 25.3 Å². The fraction of sp³-hybridized carbons (Fsp3) is 0.619. The van der Waals surface area contributed by atoms with E-state index < -0.39 is 48.4 Å². The summed E-state index contributed by atoms with van der Waals surface area (Å²) in [6.07, 6.45) is -0.0824. The predicted octanol–water partition coefficient (Wildman–Crippen LogP) is 6.09. The second-order valence-electron chi connectivity index (χ2n) is 15.6. The van der Waals surface area contributed by atoms with Gasteiger partial charge in [-0.3, -0.25) is 14.5 Å². The van der Waals surface area contributed by atoms with Crippen LogP contribution in [0.2, 0.25) is 0 Å². The van der Waals surface area contributed by atoms with E-state index in [0.29, 0.717) is 49.7 Å². The molecule has 3 N–H and O–H groups in total. The monoisotopic (exact) mass is 801 g/mol. The van der Waals surface area contributed by atoms with E-state index >= 15 is 0 Å². The number of nitrogens with zero attached hydrogens (tertiary/aromatic N) is 1. The second kappa shape index (κ2) is 22.8. The van der Waals surface area contributed by atoms with Crippen LogP contribution in [0.1, 0.15) is 71.9 Å². The van der Waals surface area contributed by atoms with Crippen LogP contribution in [0.25, 0.3) is 0 Å². The maximum absolute atomic E-state index is 13.6. The number of carbonyl (C=O) groups excluding carboxylic acids is 4. The third-order valence-electron chi connectivity index (χ3n) is 10.3. The fourth-order valence-corrected chi connectivity index (χ4v) is 6.40. The van der Waals surface area contributed by atoms with E-state index in [-0.39, 0.29) is 43.5 Å². The Labute approximate surface area is 337 Å². The van der Waals surface area contributed by atoms with Crippen molar-refractivity contribution in [1.29, 1.82) is 0 Å². The lowest BCUT2D eigenvalue weighted by atomic mass is 9.80. The molecule has 1 fully saturated rings.